The lowest BCUT2D eigenvalue weighted by Crippen LogP contribution is -2.45. The van der Waals surface area contributed by atoms with E-state index in [2.05, 4.69) is 51.9 Å². The fourth-order valence-electron chi connectivity index (χ4n) is 3.60. The number of para-hydroxylation sites is 1. The number of aromatic nitrogens is 1. The van der Waals surface area contributed by atoms with E-state index < -0.39 is 0 Å². The fraction of sp³-hybridized carbons (Fsp3) is 0.500. The average molecular weight is 483 g/mol. The van der Waals surface area contributed by atoms with E-state index in [-0.39, 0.29) is 35.9 Å². The SMILES string of the molecule is CCC(=O)N1CCC(NC(=NC)NCCc2c[nH]c3c(C)cccc23)C1.I. The van der Waals surface area contributed by atoms with Crippen molar-refractivity contribution in [2.24, 2.45) is 4.99 Å². The monoisotopic (exact) mass is 483 g/mol. The summed E-state index contributed by atoms with van der Waals surface area (Å²) in [6.07, 6.45) is 4.56. The normalized spacial score (nSPS) is 17.1. The van der Waals surface area contributed by atoms with Crippen molar-refractivity contribution >= 4 is 46.7 Å². The number of hydrogen-bond donors (Lipinski definition) is 3. The Hall–Kier alpha value is -1.77. The summed E-state index contributed by atoms with van der Waals surface area (Å²) in [6.45, 7) is 6.44. The lowest BCUT2D eigenvalue weighted by Gasteiger charge is -2.18. The molecule has 1 amide bonds. The summed E-state index contributed by atoms with van der Waals surface area (Å²) in [5, 5.41) is 8.12. The van der Waals surface area contributed by atoms with Crippen LogP contribution in [-0.2, 0) is 11.2 Å². The molecule has 27 heavy (non-hydrogen) atoms. The van der Waals surface area contributed by atoms with Gasteiger partial charge in [0.25, 0.3) is 0 Å². The molecule has 0 radical (unpaired) electrons. The smallest absolute Gasteiger partial charge is 0.222 e. The first-order valence-electron chi connectivity index (χ1n) is 9.43. The molecule has 1 aromatic carbocycles. The van der Waals surface area contributed by atoms with E-state index in [1.165, 1.54) is 22.0 Å². The van der Waals surface area contributed by atoms with Gasteiger partial charge in [-0.3, -0.25) is 9.79 Å². The molecular weight excluding hydrogens is 453 g/mol. The Morgan fingerprint density at radius 3 is 2.96 bits per heavy atom. The highest BCUT2D eigenvalue weighted by atomic mass is 127. The Balaban J connectivity index is 0.00000261. The van der Waals surface area contributed by atoms with Gasteiger partial charge in [-0.2, -0.15) is 0 Å². The van der Waals surface area contributed by atoms with Crippen molar-refractivity contribution in [3.05, 3.63) is 35.5 Å². The first-order chi connectivity index (χ1) is 12.6. The number of hydrogen-bond acceptors (Lipinski definition) is 2. The van der Waals surface area contributed by atoms with Crippen molar-refractivity contribution in [1.29, 1.82) is 0 Å². The second-order valence-electron chi connectivity index (χ2n) is 6.88. The van der Waals surface area contributed by atoms with Crippen LogP contribution in [0.5, 0.6) is 0 Å². The molecule has 3 N–H and O–H groups in total. The summed E-state index contributed by atoms with van der Waals surface area (Å²) in [6, 6.07) is 6.67. The van der Waals surface area contributed by atoms with Crippen LogP contribution >= 0.6 is 24.0 Å². The van der Waals surface area contributed by atoms with Gasteiger partial charge in [-0.1, -0.05) is 25.1 Å². The number of halogens is 1. The summed E-state index contributed by atoms with van der Waals surface area (Å²) in [5.74, 6) is 1.03. The van der Waals surface area contributed by atoms with Gasteiger partial charge in [-0.05, 0) is 30.9 Å². The van der Waals surface area contributed by atoms with Gasteiger partial charge in [0.05, 0.1) is 0 Å². The van der Waals surface area contributed by atoms with Crippen molar-refractivity contribution in [3.63, 3.8) is 0 Å². The molecule has 0 bridgehead atoms. The number of guanidine groups is 1. The zero-order valence-electron chi connectivity index (χ0n) is 16.3. The molecular formula is C20H30IN5O. The maximum Gasteiger partial charge on any atom is 0.222 e. The minimum absolute atomic E-state index is 0. The molecule has 0 spiro atoms. The van der Waals surface area contributed by atoms with Crippen molar-refractivity contribution in [1.82, 2.24) is 20.5 Å². The number of aryl methyl sites for hydroxylation is 1. The number of carbonyl (C=O) groups excluding carboxylic acids is 1. The first kappa shape index (κ1) is 21.5. The molecule has 0 aliphatic carbocycles. The molecule has 1 saturated heterocycles. The van der Waals surface area contributed by atoms with Gasteiger partial charge >= 0.3 is 0 Å². The van der Waals surface area contributed by atoms with Crippen molar-refractivity contribution < 1.29 is 4.79 Å². The number of rotatable bonds is 5. The molecule has 1 fully saturated rings. The van der Waals surface area contributed by atoms with Gasteiger partial charge in [-0.25, -0.2) is 0 Å². The van der Waals surface area contributed by atoms with Crippen LogP contribution in [0.2, 0.25) is 0 Å². The third kappa shape index (κ3) is 5.15. The van der Waals surface area contributed by atoms with E-state index in [1.807, 2.05) is 11.8 Å². The summed E-state index contributed by atoms with van der Waals surface area (Å²) in [5.41, 5.74) is 3.80. The minimum Gasteiger partial charge on any atom is -0.361 e. The minimum atomic E-state index is 0. The number of H-pyrrole nitrogens is 1. The average Bonchev–Trinajstić information content (AvgIpc) is 3.28. The zero-order chi connectivity index (χ0) is 18.5. The summed E-state index contributed by atoms with van der Waals surface area (Å²) >= 11 is 0. The number of likely N-dealkylation sites (tertiary alicyclic amines) is 1. The number of carbonyl (C=O) groups is 1. The maximum absolute atomic E-state index is 11.8. The highest BCUT2D eigenvalue weighted by Crippen LogP contribution is 2.21. The first-order valence-corrected chi connectivity index (χ1v) is 9.43. The van der Waals surface area contributed by atoms with Crippen molar-refractivity contribution in [2.45, 2.75) is 39.2 Å². The number of benzene rings is 1. The predicted molar refractivity (Wildman–Crippen MR) is 122 cm³/mol. The molecule has 1 unspecified atom stereocenters. The van der Waals surface area contributed by atoms with Crippen LogP contribution in [0.3, 0.4) is 0 Å². The van der Waals surface area contributed by atoms with Gasteiger partial charge in [0.1, 0.15) is 0 Å². The fourth-order valence-corrected chi connectivity index (χ4v) is 3.60. The van der Waals surface area contributed by atoms with E-state index in [0.717, 1.165) is 38.4 Å². The number of nitrogens with zero attached hydrogens (tertiary/aromatic N) is 2. The highest BCUT2D eigenvalue weighted by molar-refractivity contribution is 14.0. The molecule has 3 rings (SSSR count). The topological polar surface area (TPSA) is 72.5 Å². The Morgan fingerprint density at radius 2 is 2.22 bits per heavy atom. The van der Waals surface area contributed by atoms with Crippen LogP contribution in [0.1, 0.15) is 30.9 Å². The van der Waals surface area contributed by atoms with Crippen LogP contribution < -0.4 is 10.6 Å². The molecule has 2 aromatic rings. The van der Waals surface area contributed by atoms with E-state index in [9.17, 15) is 4.79 Å². The molecule has 7 heteroatoms. The van der Waals surface area contributed by atoms with Crippen molar-refractivity contribution in [2.75, 3.05) is 26.7 Å². The van der Waals surface area contributed by atoms with Gasteiger partial charge in [0.15, 0.2) is 5.96 Å². The second-order valence-corrected chi connectivity index (χ2v) is 6.88. The molecule has 0 saturated carbocycles. The predicted octanol–water partition coefficient (Wildman–Crippen LogP) is 2.81. The standard InChI is InChI=1S/C20H29N5O.HI/c1-4-18(26)25-11-9-16(13-25)24-20(21-3)22-10-8-15-12-23-19-14(2)6-5-7-17(15)19;/h5-7,12,16,23H,4,8-11,13H2,1-3H3,(H2,21,22,24);1H. The van der Waals surface area contributed by atoms with E-state index >= 15 is 0 Å². The Morgan fingerprint density at radius 1 is 1.41 bits per heavy atom. The number of aromatic amines is 1. The molecule has 1 aromatic heterocycles. The molecule has 148 valence electrons. The summed E-state index contributed by atoms with van der Waals surface area (Å²) in [4.78, 5) is 21.4. The van der Waals surface area contributed by atoms with Crippen LogP contribution in [0.4, 0.5) is 0 Å². The van der Waals surface area contributed by atoms with Gasteiger partial charge in [-0.15, -0.1) is 24.0 Å². The Labute approximate surface area is 178 Å². The number of nitrogens with one attached hydrogen (secondary N) is 3. The molecule has 2 heterocycles. The maximum atomic E-state index is 11.8. The third-order valence-corrected chi connectivity index (χ3v) is 5.10. The summed E-state index contributed by atoms with van der Waals surface area (Å²) in [7, 11) is 1.79. The number of fused-ring (bicyclic) bond motifs is 1. The number of aliphatic imine (C=N–C) groups is 1. The quantitative estimate of drug-likeness (QED) is 0.348. The molecule has 1 aliphatic heterocycles. The zero-order valence-corrected chi connectivity index (χ0v) is 18.7. The van der Waals surface area contributed by atoms with Crippen LogP contribution in [0, 0.1) is 6.92 Å². The van der Waals surface area contributed by atoms with Gasteiger partial charge in [0, 0.05) is 56.2 Å². The lowest BCUT2D eigenvalue weighted by atomic mass is 10.1. The Kier molecular flexibility index (Phi) is 7.94. The Bertz CT molecular complexity index is 801. The molecule has 6 nitrogen and oxygen atoms in total. The van der Waals surface area contributed by atoms with Crippen LogP contribution in [0.25, 0.3) is 10.9 Å². The van der Waals surface area contributed by atoms with E-state index in [1.54, 1.807) is 7.05 Å². The van der Waals surface area contributed by atoms with E-state index in [4.69, 9.17) is 0 Å². The second kappa shape index (κ2) is 9.96. The van der Waals surface area contributed by atoms with Gasteiger partial charge in [0.2, 0.25) is 5.91 Å². The van der Waals surface area contributed by atoms with Crippen molar-refractivity contribution in [3.8, 4) is 0 Å². The van der Waals surface area contributed by atoms with E-state index in [0.29, 0.717) is 6.42 Å². The lowest BCUT2D eigenvalue weighted by molar-refractivity contribution is -0.129. The highest BCUT2D eigenvalue weighted by Gasteiger charge is 2.25. The summed E-state index contributed by atoms with van der Waals surface area (Å²) < 4.78 is 0. The molecule has 1 atom stereocenters. The number of amides is 1. The van der Waals surface area contributed by atoms with Crippen LogP contribution in [-0.4, -0.2) is 54.5 Å². The largest absolute Gasteiger partial charge is 0.361 e. The third-order valence-electron chi connectivity index (χ3n) is 5.10. The molecule has 1 aliphatic rings. The van der Waals surface area contributed by atoms with Crippen LogP contribution in [0.15, 0.2) is 29.4 Å². The van der Waals surface area contributed by atoms with Gasteiger partial charge < -0.3 is 20.5 Å².